The molecule has 4 aromatic rings. The van der Waals surface area contributed by atoms with E-state index in [-0.39, 0.29) is 5.91 Å². The molecule has 4 heteroatoms. The van der Waals surface area contributed by atoms with Crippen LogP contribution >= 0.6 is 0 Å². The van der Waals surface area contributed by atoms with Crippen LogP contribution in [0.15, 0.2) is 48.7 Å². The molecule has 2 heterocycles. The summed E-state index contributed by atoms with van der Waals surface area (Å²) < 4.78 is 0. The Labute approximate surface area is 171 Å². The van der Waals surface area contributed by atoms with Gasteiger partial charge in [0.1, 0.15) is 5.65 Å². The molecule has 0 saturated heterocycles. The molecule has 0 aliphatic heterocycles. The van der Waals surface area contributed by atoms with Gasteiger partial charge in [-0.2, -0.15) is 0 Å². The summed E-state index contributed by atoms with van der Waals surface area (Å²) in [6.07, 6.45) is 2.84. The van der Waals surface area contributed by atoms with Gasteiger partial charge >= 0.3 is 0 Å². The van der Waals surface area contributed by atoms with E-state index >= 15 is 0 Å². The van der Waals surface area contributed by atoms with Gasteiger partial charge in [-0.25, -0.2) is 4.98 Å². The smallest absolute Gasteiger partial charge is 0.253 e. The average Bonchev–Trinajstić information content (AvgIpc) is 3.12. The molecule has 0 atom stereocenters. The summed E-state index contributed by atoms with van der Waals surface area (Å²) in [5.41, 5.74) is 7.37. The zero-order valence-electron chi connectivity index (χ0n) is 17.5. The lowest BCUT2D eigenvalue weighted by molar-refractivity contribution is 0.0773. The molecular weight excluding hydrogens is 358 g/mol. The van der Waals surface area contributed by atoms with Crippen LogP contribution < -0.4 is 0 Å². The molecule has 0 saturated carbocycles. The second kappa shape index (κ2) is 7.70. The number of carbonyl (C=O) groups is 1. The van der Waals surface area contributed by atoms with Crippen LogP contribution in [0.1, 0.15) is 42.3 Å². The molecule has 2 aromatic heterocycles. The fourth-order valence-electron chi connectivity index (χ4n) is 4.09. The molecule has 0 aliphatic carbocycles. The van der Waals surface area contributed by atoms with Crippen molar-refractivity contribution in [3.63, 3.8) is 0 Å². The Kier molecular flexibility index (Phi) is 5.10. The third kappa shape index (κ3) is 3.29. The standard InChI is InChI=1S/C25H27N3O/c1-5-17-11-12-20(22-21-13-16(4)15-26-24(21)27-23(17)22)18-9-8-10-19(14-18)25(29)28(6-2)7-3/h8-15H,5-7H2,1-4H3,(H,26,27). The van der Waals surface area contributed by atoms with E-state index in [0.717, 1.165) is 45.2 Å². The molecule has 0 unspecified atom stereocenters. The minimum absolute atomic E-state index is 0.0784. The number of pyridine rings is 1. The number of hydrogen-bond donors (Lipinski definition) is 1. The normalized spacial score (nSPS) is 11.3. The van der Waals surface area contributed by atoms with Crippen LogP contribution in [0.5, 0.6) is 0 Å². The van der Waals surface area contributed by atoms with Crippen LogP contribution in [0.4, 0.5) is 0 Å². The number of aryl methyl sites for hydroxylation is 2. The van der Waals surface area contributed by atoms with E-state index < -0.39 is 0 Å². The highest BCUT2D eigenvalue weighted by Crippen LogP contribution is 2.36. The summed E-state index contributed by atoms with van der Waals surface area (Å²) in [4.78, 5) is 22.9. The highest BCUT2D eigenvalue weighted by molar-refractivity contribution is 6.14. The number of H-pyrrole nitrogens is 1. The monoisotopic (exact) mass is 385 g/mol. The first-order chi connectivity index (χ1) is 14.1. The van der Waals surface area contributed by atoms with Gasteiger partial charge in [-0.3, -0.25) is 4.79 Å². The molecule has 1 amide bonds. The average molecular weight is 386 g/mol. The van der Waals surface area contributed by atoms with Crippen molar-refractivity contribution in [1.82, 2.24) is 14.9 Å². The van der Waals surface area contributed by atoms with E-state index in [4.69, 9.17) is 0 Å². The predicted octanol–water partition coefficient (Wildman–Crippen LogP) is 5.74. The van der Waals surface area contributed by atoms with Gasteiger partial charge < -0.3 is 9.88 Å². The van der Waals surface area contributed by atoms with Crippen molar-refractivity contribution in [2.45, 2.75) is 34.1 Å². The Morgan fingerprint density at radius 3 is 2.59 bits per heavy atom. The van der Waals surface area contributed by atoms with Crippen LogP contribution in [0.25, 0.3) is 33.1 Å². The fourth-order valence-corrected chi connectivity index (χ4v) is 4.09. The fraction of sp³-hybridized carbons (Fsp3) is 0.280. The van der Waals surface area contributed by atoms with Crippen molar-refractivity contribution < 1.29 is 4.79 Å². The number of aromatic amines is 1. The number of rotatable bonds is 5. The molecule has 148 valence electrons. The molecule has 4 rings (SSSR count). The first kappa shape index (κ1) is 19.2. The Balaban J connectivity index is 1.95. The lowest BCUT2D eigenvalue weighted by Gasteiger charge is -2.19. The van der Waals surface area contributed by atoms with Crippen molar-refractivity contribution in [3.05, 3.63) is 65.4 Å². The van der Waals surface area contributed by atoms with Gasteiger partial charge in [-0.05, 0) is 67.6 Å². The molecule has 29 heavy (non-hydrogen) atoms. The summed E-state index contributed by atoms with van der Waals surface area (Å²) in [6, 6.07) is 14.5. The zero-order valence-corrected chi connectivity index (χ0v) is 17.5. The maximum atomic E-state index is 12.9. The van der Waals surface area contributed by atoms with E-state index in [9.17, 15) is 4.79 Å². The molecular formula is C25H27N3O. The number of amides is 1. The number of nitrogens with one attached hydrogen (secondary N) is 1. The van der Waals surface area contributed by atoms with Gasteiger partial charge in [0.15, 0.2) is 0 Å². The van der Waals surface area contributed by atoms with Crippen molar-refractivity contribution in [2.24, 2.45) is 0 Å². The molecule has 1 N–H and O–H groups in total. The van der Waals surface area contributed by atoms with Crippen LogP contribution in [-0.2, 0) is 6.42 Å². The number of nitrogens with zero attached hydrogens (tertiary/aromatic N) is 2. The summed E-state index contributed by atoms with van der Waals surface area (Å²) in [5.74, 6) is 0.0784. The maximum absolute atomic E-state index is 12.9. The molecule has 0 fully saturated rings. The summed E-state index contributed by atoms with van der Waals surface area (Å²) in [7, 11) is 0. The van der Waals surface area contributed by atoms with Crippen LogP contribution in [0.2, 0.25) is 0 Å². The van der Waals surface area contributed by atoms with E-state index in [1.165, 1.54) is 10.9 Å². The van der Waals surface area contributed by atoms with Gasteiger partial charge in [-0.15, -0.1) is 0 Å². The second-order valence-electron chi connectivity index (χ2n) is 7.47. The van der Waals surface area contributed by atoms with Crippen molar-refractivity contribution in [3.8, 4) is 11.1 Å². The molecule has 0 bridgehead atoms. The third-order valence-corrected chi connectivity index (χ3v) is 5.68. The maximum Gasteiger partial charge on any atom is 0.253 e. The number of fused-ring (bicyclic) bond motifs is 3. The topological polar surface area (TPSA) is 49.0 Å². The highest BCUT2D eigenvalue weighted by Gasteiger charge is 2.17. The molecule has 4 nitrogen and oxygen atoms in total. The van der Waals surface area contributed by atoms with E-state index in [0.29, 0.717) is 13.1 Å². The predicted molar refractivity (Wildman–Crippen MR) is 120 cm³/mol. The number of benzene rings is 2. The van der Waals surface area contributed by atoms with Crippen molar-refractivity contribution in [1.29, 1.82) is 0 Å². The van der Waals surface area contributed by atoms with Gasteiger partial charge in [0.2, 0.25) is 0 Å². The molecule has 2 aromatic carbocycles. The largest absolute Gasteiger partial charge is 0.339 e. The van der Waals surface area contributed by atoms with E-state index in [1.807, 2.05) is 43.1 Å². The van der Waals surface area contributed by atoms with Crippen molar-refractivity contribution >= 4 is 27.8 Å². The van der Waals surface area contributed by atoms with Crippen LogP contribution in [0.3, 0.4) is 0 Å². The van der Waals surface area contributed by atoms with Crippen LogP contribution in [0, 0.1) is 6.92 Å². The first-order valence-corrected chi connectivity index (χ1v) is 10.4. The summed E-state index contributed by atoms with van der Waals surface area (Å²) in [5, 5.41) is 2.31. The van der Waals surface area contributed by atoms with E-state index in [2.05, 4.69) is 48.1 Å². The Bertz CT molecular complexity index is 1200. The zero-order chi connectivity index (χ0) is 20.5. The van der Waals surface area contributed by atoms with Crippen LogP contribution in [-0.4, -0.2) is 33.9 Å². The molecule has 0 spiro atoms. The van der Waals surface area contributed by atoms with Crippen molar-refractivity contribution in [2.75, 3.05) is 13.1 Å². The Morgan fingerprint density at radius 2 is 1.86 bits per heavy atom. The second-order valence-corrected chi connectivity index (χ2v) is 7.47. The number of hydrogen-bond acceptors (Lipinski definition) is 2. The van der Waals surface area contributed by atoms with E-state index in [1.54, 1.807) is 0 Å². The summed E-state index contributed by atoms with van der Waals surface area (Å²) in [6.45, 7) is 9.68. The minimum atomic E-state index is 0.0784. The van der Waals surface area contributed by atoms with Gasteiger partial charge in [0.25, 0.3) is 5.91 Å². The molecule has 0 aliphatic rings. The number of aromatic nitrogens is 2. The SMILES string of the molecule is CCc1ccc(-c2cccc(C(=O)N(CC)CC)c2)c2c1[nH]c1ncc(C)cc12. The summed E-state index contributed by atoms with van der Waals surface area (Å²) >= 11 is 0. The number of carbonyl (C=O) groups excluding carboxylic acids is 1. The third-order valence-electron chi connectivity index (χ3n) is 5.68. The highest BCUT2D eigenvalue weighted by atomic mass is 16.2. The van der Waals surface area contributed by atoms with Gasteiger partial charge in [-0.1, -0.05) is 31.2 Å². The van der Waals surface area contributed by atoms with Gasteiger partial charge in [0.05, 0.1) is 5.52 Å². The first-order valence-electron chi connectivity index (χ1n) is 10.4. The lowest BCUT2D eigenvalue weighted by Crippen LogP contribution is -2.30. The minimum Gasteiger partial charge on any atom is -0.339 e. The Hall–Kier alpha value is -3.14. The Morgan fingerprint density at radius 1 is 1.07 bits per heavy atom. The lowest BCUT2D eigenvalue weighted by atomic mass is 9.95. The quantitative estimate of drug-likeness (QED) is 0.476. The molecule has 0 radical (unpaired) electrons. The van der Waals surface area contributed by atoms with Gasteiger partial charge in [0, 0.05) is 35.6 Å².